The summed E-state index contributed by atoms with van der Waals surface area (Å²) < 4.78 is 16.6. The van der Waals surface area contributed by atoms with Crippen molar-refractivity contribution < 1.29 is 19.1 Å². The molecular weight excluding hydrogens is 697 g/mol. The molecule has 1 amide bonds. The fourth-order valence-electron chi connectivity index (χ4n) is 8.01. The van der Waals surface area contributed by atoms with Crippen LogP contribution in [0.5, 0.6) is 0 Å². The fraction of sp³-hybridized carbons (Fsp3) is 0.395. The minimum Gasteiger partial charge on any atom is -0.463 e. The average molecular weight is 745 g/mol. The Balaban J connectivity index is 1.01. The van der Waals surface area contributed by atoms with Crippen molar-refractivity contribution in [1.29, 1.82) is 0 Å². The van der Waals surface area contributed by atoms with Crippen molar-refractivity contribution in [2.45, 2.75) is 64.6 Å². The lowest BCUT2D eigenvalue weighted by atomic mass is 9.89. The highest BCUT2D eigenvalue weighted by Crippen LogP contribution is 2.37. The lowest BCUT2D eigenvalue weighted by molar-refractivity contribution is -0.151. The molecule has 0 N–H and O–H groups in total. The van der Waals surface area contributed by atoms with E-state index in [0.29, 0.717) is 25.9 Å². The molecule has 2 aliphatic rings. The van der Waals surface area contributed by atoms with E-state index in [-0.39, 0.29) is 36.5 Å². The summed E-state index contributed by atoms with van der Waals surface area (Å²) in [6.45, 7) is 9.27. The Kier molecular flexibility index (Phi) is 10.2. The summed E-state index contributed by atoms with van der Waals surface area (Å²) in [5.41, 5.74) is 5.71. The number of fused-ring (bicyclic) bond motifs is 2. The van der Waals surface area contributed by atoms with Crippen molar-refractivity contribution in [3.8, 4) is 11.4 Å². The van der Waals surface area contributed by atoms with Crippen molar-refractivity contribution in [3.05, 3.63) is 101 Å². The number of ether oxygens (including phenoxy) is 2. The molecule has 5 heterocycles. The van der Waals surface area contributed by atoms with Gasteiger partial charge >= 0.3 is 12.1 Å². The molecule has 1 atom stereocenters. The van der Waals surface area contributed by atoms with E-state index in [0.717, 1.165) is 71.9 Å². The third-order valence-corrected chi connectivity index (χ3v) is 11.5. The van der Waals surface area contributed by atoms with Gasteiger partial charge in [-0.05, 0) is 99.0 Å². The van der Waals surface area contributed by atoms with E-state index in [4.69, 9.17) is 19.4 Å². The maximum absolute atomic E-state index is 14.0. The molecule has 3 aromatic carbocycles. The highest BCUT2D eigenvalue weighted by Gasteiger charge is 2.36. The smallest absolute Gasteiger partial charge is 0.410 e. The molecular formula is C43H48N6O4S. The van der Waals surface area contributed by atoms with Gasteiger partial charge in [0.1, 0.15) is 18.0 Å². The first-order valence-electron chi connectivity index (χ1n) is 19.1. The van der Waals surface area contributed by atoms with Crippen LogP contribution in [0.2, 0.25) is 0 Å². The number of imidazole rings is 2. The highest BCUT2D eigenvalue weighted by molar-refractivity contribution is 7.07. The molecule has 54 heavy (non-hydrogen) atoms. The van der Waals surface area contributed by atoms with Crippen LogP contribution in [0.15, 0.2) is 95.7 Å². The quantitative estimate of drug-likeness (QED) is 0.137. The number of aromatic nitrogens is 4. The SMILES string of the molecule is CC(C)(C)OC(=O)N1CCC(C(COC(=O)C2CCN(c3nc4ccccc4n3Cc3ccsc3)CC2)n2c(-c3ccccc3)nc3ccccc32)CC1. The first-order chi connectivity index (χ1) is 26.2. The number of likely N-dealkylation sites (tertiary alicyclic amines) is 1. The van der Waals surface area contributed by atoms with Crippen LogP contribution in [0, 0.1) is 11.8 Å². The highest BCUT2D eigenvalue weighted by atomic mass is 32.1. The fourth-order valence-corrected chi connectivity index (χ4v) is 8.67. The molecule has 2 saturated heterocycles. The number of carbonyl (C=O) groups is 2. The number of hydrogen-bond acceptors (Lipinski definition) is 8. The Morgan fingerprint density at radius 1 is 0.815 bits per heavy atom. The molecule has 8 rings (SSSR count). The van der Waals surface area contributed by atoms with Crippen LogP contribution in [0.1, 0.15) is 58.1 Å². The number of piperidine rings is 2. The second-order valence-electron chi connectivity index (χ2n) is 15.5. The molecule has 2 fully saturated rings. The van der Waals surface area contributed by atoms with Gasteiger partial charge in [0.2, 0.25) is 5.95 Å². The second-order valence-corrected chi connectivity index (χ2v) is 16.3. The van der Waals surface area contributed by atoms with E-state index < -0.39 is 5.60 Å². The van der Waals surface area contributed by atoms with Crippen molar-refractivity contribution >= 4 is 51.4 Å². The first-order valence-corrected chi connectivity index (χ1v) is 20.0. The lowest BCUT2D eigenvalue weighted by Crippen LogP contribution is -2.44. The van der Waals surface area contributed by atoms with Gasteiger partial charge in [-0.1, -0.05) is 54.6 Å². The number of anilines is 1. The minimum atomic E-state index is -0.555. The lowest BCUT2D eigenvalue weighted by Gasteiger charge is -2.38. The number of hydrogen-bond donors (Lipinski definition) is 0. The van der Waals surface area contributed by atoms with Crippen molar-refractivity contribution in [1.82, 2.24) is 24.0 Å². The van der Waals surface area contributed by atoms with E-state index >= 15 is 0 Å². The predicted octanol–water partition coefficient (Wildman–Crippen LogP) is 8.81. The third kappa shape index (κ3) is 7.59. The molecule has 6 aromatic rings. The molecule has 0 saturated carbocycles. The second kappa shape index (κ2) is 15.3. The summed E-state index contributed by atoms with van der Waals surface area (Å²) in [4.78, 5) is 41.2. The largest absolute Gasteiger partial charge is 0.463 e. The topological polar surface area (TPSA) is 94.7 Å². The van der Waals surface area contributed by atoms with Crippen LogP contribution in [-0.4, -0.2) is 74.5 Å². The van der Waals surface area contributed by atoms with E-state index in [1.165, 1.54) is 5.56 Å². The Hall–Kier alpha value is -5.16. The Bertz CT molecular complexity index is 2210. The predicted molar refractivity (Wildman–Crippen MR) is 214 cm³/mol. The van der Waals surface area contributed by atoms with Gasteiger partial charge in [0.05, 0.1) is 40.6 Å². The van der Waals surface area contributed by atoms with Gasteiger partial charge in [-0.25, -0.2) is 14.8 Å². The zero-order chi connectivity index (χ0) is 37.2. The van der Waals surface area contributed by atoms with Crippen LogP contribution in [0.3, 0.4) is 0 Å². The van der Waals surface area contributed by atoms with Crippen LogP contribution >= 0.6 is 11.3 Å². The molecule has 0 bridgehead atoms. The summed E-state index contributed by atoms with van der Waals surface area (Å²) >= 11 is 1.70. The number of thiophene rings is 1. The van der Waals surface area contributed by atoms with E-state index in [9.17, 15) is 9.59 Å². The van der Waals surface area contributed by atoms with Gasteiger partial charge in [-0.2, -0.15) is 11.3 Å². The van der Waals surface area contributed by atoms with Crippen molar-refractivity contribution in [3.63, 3.8) is 0 Å². The maximum Gasteiger partial charge on any atom is 0.410 e. The van der Waals surface area contributed by atoms with Crippen molar-refractivity contribution in [2.75, 3.05) is 37.7 Å². The molecule has 0 spiro atoms. The van der Waals surface area contributed by atoms with E-state index in [1.807, 2.05) is 63.2 Å². The van der Waals surface area contributed by atoms with Gasteiger partial charge in [0.25, 0.3) is 0 Å². The number of rotatable bonds is 9. The summed E-state index contributed by atoms with van der Waals surface area (Å²) in [7, 11) is 0. The number of amides is 1. The molecule has 0 radical (unpaired) electrons. The number of esters is 1. The maximum atomic E-state index is 14.0. The van der Waals surface area contributed by atoms with Crippen LogP contribution in [-0.2, 0) is 20.8 Å². The van der Waals surface area contributed by atoms with Crippen LogP contribution in [0.4, 0.5) is 10.7 Å². The summed E-state index contributed by atoms with van der Waals surface area (Å²) in [6, 6.07) is 28.7. The Labute approximate surface area is 320 Å². The standard InChI is InChI=1S/C43H48N6O4S/c1-43(2,3)53-42(51)47-24-17-31(18-25-47)38(49-37-16-10-8-14-35(37)44-39(49)32-11-5-4-6-12-32)28-52-40(50)33-19-22-46(23-20-33)41-45-34-13-7-9-15-36(34)48(41)27-30-21-26-54-29-30/h4-16,21,26,29,31,33,38H,17-20,22-25,27-28H2,1-3H3. The Morgan fingerprint density at radius 3 is 2.17 bits per heavy atom. The van der Waals surface area contributed by atoms with Gasteiger partial charge < -0.3 is 28.4 Å². The average Bonchev–Trinajstić information content (AvgIpc) is 3.93. The number of benzene rings is 3. The van der Waals surface area contributed by atoms with Crippen molar-refractivity contribution in [2.24, 2.45) is 11.8 Å². The van der Waals surface area contributed by atoms with E-state index in [1.54, 1.807) is 16.2 Å². The van der Waals surface area contributed by atoms with E-state index in [2.05, 4.69) is 67.3 Å². The molecule has 1 unspecified atom stereocenters. The van der Waals surface area contributed by atoms with Gasteiger partial charge in [-0.15, -0.1) is 0 Å². The van der Waals surface area contributed by atoms with Crippen LogP contribution in [0.25, 0.3) is 33.5 Å². The number of nitrogens with zero attached hydrogens (tertiary/aromatic N) is 6. The first kappa shape index (κ1) is 35.8. The molecule has 10 nitrogen and oxygen atoms in total. The van der Waals surface area contributed by atoms with Crippen LogP contribution < -0.4 is 4.90 Å². The van der Waals surface area contributed by atoms with Gasteiger partial charge in [0, 0.05) is 31.7 Å². The molecule has 3 aromatic heterocycles. The molecule has 0 aliphatic carbocycles. The third-order valence-electron chi connectivity index (χ3n) is 10.8. The number of carbonyl (C=O) groups excluding carboxylic acids is 2. The zero-order valence-corrected chi connectivity index (χ0v) is 32.1. The molecule has 280 valence electrons. The molecule has 11 heteroatoms. The van der Waals surface area contributed by atoms with Gasteiger partial charge in [-0.3, -0.25) is 4.79 Å². The summed E-state index contributed by atoms with van der Waals surface area (Å²) in [6.07, 6.45) is 2.63. The summed E-state index contributed by atoms with van der Waals surface area (Å²) in [5.74, 6) is 1.61. The molecule has 2 aliphatic heterocycles. The number of para-hydroxylation sites is 4. The van der Waals surface area contributed by atoms with Gasteiger partial charge in [0.15, 0.2) is 0 Å². The Morgan fingerprint density at radius 2 is 1.48 bits per heavy atom. The monoisotopic (exact) mass is 744 g/mol. The summed E-state index contributed by atoms with van der Waals surface area (Å²) in [5, 5.41) is 4.30. The normalized spacial score (nSPS) is 16.6. The minimum absolute atomic E-state index is 0.148. The zero-order valence-electron chi connectivity index (χ0n) is 31.3.